The molecule has 0 N–H and O–H groups in total. The van der Waals surface area contributed by atoms with Crippen molar-refractivity contribution in [2.45, 2.75) is 38.7 Å². The van der Waals surface area contributed by atoms with E-state index < -0.39 is 0 Å². The van der Waals surface area contributed by atoms with Crippen LogP contribution in [0.1, 0.15) is 32.6 Å². The van der Waals surface area contributed by atoms with Gasteiger partial charge in [-0.3, -0.25) is 9.59 Å². The lowest BCUT2D eigenvalue weighted by Gasteiger charge is -2.31. The summed E-state index contributed by atoms with van der Waals surface area (Å²) in [5, 5.41) is 0.688. The first-order valence-electron chi connectivity index (χ1n) is 8.61. The van der Waals surface area contributed by atoms with E-state index in [9.17, 15) is 9.59 Å². The lowest BCUT2D eigenvalue weighted by Crippen LogP contribution is -2.41. The number of rotatable bonds is 6. The molecule has 1 saturated heterocycles. The predicted octanol–water partition coefficient (Wildman–Crippen LogP) is 3.01. The van der Waals surface area contributed by atoms with Crippen LogP contribution in [0.25, 0.3) is 10.2 Å². The van der Waals surface area contributed by atoms with Crippen LogP contribution in [-0.4, -0.2) is 47.6 Å². The van der Waals surface area contributed by atoms with E-state index >= 15 is 0 Å². The number of amides is 1. The van der Waals surface area contributed by atoms with Crippen LogP contribution in [0.2, 0.25) is 0 Å². The second-order valence-electron chi connectivity index (χ2n) is 5.95. The number of ether oxygens (including phenoxy) is 2. The predicted molar refractivity (Wildman–Crippen MR) is 95.7 cm³/mol. The van der Waals surface area contributed by atoms with Crippen LogP contribution in [0.4, 0.5) is 0 Å². The van der Waals surface area contributed by atoms with Gasteiger partial charge in [-0.25, -0.2) is 4.98 Å². The summed E-state index contributed by atoms with van der Waals surface area (Å²) in [5.74, 6) is -0.309. The first kappa shape index (κ1) is 17.7. The summed E-state index contributed by atoms with van der Waals surface area (Å²) < 4.78 is 12.0. The molecular weight excluding hydrogens is 340 g/mol. The van der Waals surface area contributed by atoms with Crippen molar-refractivity contribution in [3.63, 3.8) is 0 Å². The molecule has 0 atom stereocenters. The van der Waals surface area contributed by atoms with E-state index in [2.05, 4.69) is 4.98 Å². The van der Waals surface area contributed by atoms with Gasteiger partial charge in [-0.2, -0.15) is 0 Å². The topological polar surface area (TPSA) is 68.7 Å². The van der Waals surface area contributed by atoms with E-state index in [0.717, 1.165) is 23.1 Å². The van der Waals surface area contributed by atoms with E-state index in [1.54, 1.807) is 23.2 Å². The molecule has 2 aromatic rings. The quantitative estimate of drug-likeness (QED) is 0.739. The second kappa shape index (κ2) is 8.29. The highest BCUT2D eigenvalue weighted by Crippen LogP contribution is 2.29. The zero-order valence-corrected chi connectivity index (χ0v) is 15.1. The van der Waals surface area contributed by atoms with E-state index in [-0.39, 0.29) is 30.8 Å². The second-order valence-corrected chi connectivity index (χ2v) is 6.94. The minimum atomic E-state index is -0.315. The zero-order chi connectivity index (χ0) is 17.6. The fraction of sp³-hybridized carbons (Fsp3) is 0.500. The third-order valence-electron chi connectivity index (χ3n) is 4.18. The Morgan fingerprint density at radius 1 is 1.24 bits per heavy atom. The summed E-state index contributed by atoms with van der Waals surface area (Å²) in [4.78, 5) is 29.8. The Balaban J connectivity index is 1.45. The van der Waals surface area contributed by atoms with Crippen LogP contribution in [-0.2, 0) is 14.3 Å². The SMILES string of the molecule is CCOC(=O)CCC(=O)N1CCC(Oc2nc3ccccc3s2)CC1. The first-order valence-corrected chi connectivity index (χ1v) is 9.43. The molecule has 0 saturated carbocycles. The average Bonchev–Trinajstić information content (AvgIpc) is 3.03. The number of fused-ring (bicyclic) bond motifs is 1. The minimum absolute atomic E-state index is 0.00601. The molecule has 1 amide bonds. The van der Waals surface area contributed by atoms with Crippen molar-refractivity contribution >= 4 is 33.4 Å². The molecule has 2 heterocycles. The average molecular weight is 362 g/mol. The zero-order valence-electron chi connectivity index (χ0n) is 14.3. The summed E-state index contributed by atoms with van der Waals surface area (Å²) in [7, 11) is 0. The van der Waals surface area contributed by atoms with Crippen molar-refractivity contribution in [3.8, 4) is 5.19 Å². The van der Waals surface area contributed by atoms with Crippen LogP contribution < -0.4 is 4.74 Å². The Labute approximate surface area is 150 Å². The van der Waals surface area contributed by atoms with Crippen LogP contribution in [0.5, 0.6) is 5.19 Å². The monoisotopic (exact) mass is 362 g/mol. The molecule has 0 bridgehead atoms. The lowest BCUT2D eigenvalue weighted by molar-refractivity contribution is -0.146. The van der Waals surface area contributed by atoms with Gasteiger partial charge >= 0.3 is 5.97 Å². The molecule has 1 aromatic carbocycles. The highest BCUT2D eigenvalue weighted by molar-refractivity contribution is 7.20. The Morgan fingerprint density at radius 2 is 2.00 bits per heavy atom. The van der Waals surface area contributed by atoms with E-state index in [1.807, 2.05) is 24.3 Å². The van der Waals surface area contributed by atoms with Gasteiger partial charge in [-0.15, -0.1) is 0 Å². The molecule has 1 fully saturated rings. The lowest BCUT2D eigenvalue weighted by atomic mass is 10.1. The third kappa shape index (κ3) is 4.69. The maximum atomic E-state index is 12.2. The van der Waals surface area contributed by atoms with Crippen LogP contribution in [0.3, 0.4) is 0 Å². The van der Waals surface area contributed by atoms with Crippen LogP contribution in [0, 0.1) is 0 Å². The molecular formula is C18H22N2O4S. The van der Waals surface area contributed by atoms with Gasteiger partial charge in [0.25, 0.3) is 5.19 Å². The summed E-state index contributed by atoms with van der Waals surface area (Å²) in [6.45, 7) is 3.41. The smallest absolute Gasteiger partial charge is 0.306 e. The van der Waals surface area contributed by atoms with E-state index in [4.69, 9.17) is 9.47 Å². The van der Waals surface area contributed by atoms with Crippen molar-refractivity contribution < 1.29 is 19.1 Å². The number of hydrogen-bond acceptors (Lipinski definition) is 6. The standard InChI is InChI=1S/C18H22N2O4S/c1-2-23-17(22)8-7-16(21)20-11-9-13(10-12-20)24-18-19-14-5-3-4-6-15(14)25-18/h3-6,13H,2,7-12H2,1H3. The molecule has 7 heteroatoms. The van der Waals surface area contributed by atoms with Crippen molar-refractivity contribution in [2.75, 3.05) is 19.7 Å². The van der Waals surface area contributed by atoms with E-state index in [1.165, 1.54) is 0 Å². The molecule has 25 heavy (non-hydrogen) atoms. The molecule has 0 radical (unpaired) electrons. The number of piperidine rings is 1. The Hall–Kier alpha value is -2.15. The van der Waals surface area contributed by atoms with Crippen molar-refractivity contribution in [1.82, 2.24) is 9.88 Å². The highest BCUT2D eigenvalue weighted by Gasteiger charge is 2.25. The number of carbonyl (C=O) groups is 2. The van der Waals surface area contributed by atoms with Crippen molar-refractivity contribution in [1.29, 1.82) is 0 Å². The fourth-order valence-corrected chi connectivity index (χ4v) is 3.75. The molecule has 6 nitrogen and oxygen atoms in total. The van der Waals surface area contributed by atoms with Gasteiger partial charge in [0.2, 0.25) is 5.91 Å². The number of carbonyl (C=O) groups excluding carboxylic acids is 2. The minimum Gasteiger partial charge on any atom is -0.467 e. The van der Waals surface area contributed by atoms with Crippen LogP contribution >= 0.6 is 11.3 Å². The summed E-state index contributed by atoms with van der Waals surface area (Å²) in [6.07, 6.45) is 1.99. The van der Waals surface area contributed by atoms with E-state index in [0.29, 0.717) is 24.9 Å². The summed E-state index contributed by atoms with van der Waals surface area (Å²) in [5.41, 5.74) is 0.953. The molecule has 134 valence electrons. The van der Waals surface area contributed by atoms with Crippen LogP contribution in [0.15, 0.2) is 24.3 Å². The number of para-hydroxylation sites is 1. The van der Waals surface area contributed by atoms with Gasteiger partial charge in [-0.1, -0.05) is 23.5 Å². The largest absolute Gasteiger partial charge is 0.467 e. The molecule has 3 rings (SSSR count). The number of aromatic nitrogens is 1. The van der Waals surface area contributed by atoms with Gasteiger partial charge in [0.1, 0.15) is 6.10 Å². The molecule has 0 spiro atoms. The van der Waals surface area contributed by atoms with Gasteiger partial charge in [-0.05, 0) is 19.1 Å². The molecule has 1 aliphatic rings. The molecule has 1 aliphatic heterocycles. The molecule has 0 aliphatic carbocycles. The normalized spacial score (nSPS) is 15.3. The number of likely N-dealkylation sites (tertiary alicyclic amines) is 1. The Kier molecular flexibility index (Phi) is 5.86. The maximum absolute atomic E-state index is 12.2. The third-order valence-corrected chi connectivity index (χ3v) is 5.11. The van der Waals surface area contributed by atoms with Gasteiger partial charge in [0, 0.05) is 32.4 Å². The Morgan fingerprint density at radius 3 is 2.72 bits per heavy atom. The highest BCUT2D eigenvalue weighted by atomic mass is 32.1. The van der Waals surface area contributed by atoms with Gasteiger partial charge < -0.3 is 14.4 Å². The Bertz CT molecular complexity index is 705. The maximum Gasteiger partial charge on any atom is 0.306 e. The molecule has 0 unspecified atom stereocenters. The number of thiazole rings is 1. The van der Waals surface area contributed by atoms with Gasteiger partial charge in [0.05, 0.1) is 23.2 Å². The van der Waals surface area contributed by atoms with Gasteiger partial charge in [0.15, 0.2) is 0 Å². The number of esters is 1. The molecule has 1 aromatic heterocycles. The van der Waals surface area contributed by atoms with Crippen molar-refractivity contribution in [2.24, 2.45) is 0 Å². The number of hydrogen-bond donors (Lipinski definition) is 0. The summed E-state index contributed by atoms with van der Waals surface area (Å²) in [6, 6.07) is 7.96. The first-order chi connectivity index (χ1) is 12.2. The number of nitrogens with zero attached hydrogens (tertiary/aromatic N) is 2. The summed E-state index contributed by atoms with van der Waals surface area (Å²) >= 11 is 1.55. The fourth-order valence-electron chi connectivity index (χ4n) is 2.87. The van der Waals surface area contributed by atoms with Crippen molar-refractivity contribution in [3.05, 3.63) is 24.3 Å². The number of benzene rings is 1.